The Morgan fingerprint density at radius 1 is 1.50 bits per heavy atom. The van der Waals surface area contributed by atoms with Crippen LogP contribution in [0, 0.1) is 0 Å². The zero-order valence-electron chi connectivity index (χ0n) is 7.04. The second kappa shape index (κ2) is 3.83. The van der Waals surface area contributed by atoms with E-state index in [0.29, 0.717) is 10.8 Å². The van der Waals surface area contributed by atoms with E-state index in [9.17, 15) is 5.02 Å². The molecular formula is C8H10BClO2. The van der Waals surface area contributed by atoms with Crippen LogP contribution in [0.1, 0.15) is 0 Å². The summed E-state index contributed by atoms with van der Waals surface area (Å²) in [6, 6.07) is 5.23. The second-order valence-corrected chi connectivity index (χ2v) is 2.98. The van der Waals surface area contributed by atoms with Gasteiger partial charge < -0.3 is 9.76 Å². The van der Waals surface area contributed by atoms with E-state index in [1.165, 1.54) is 0 Å². The van der Waals surface area contributed by atoms with Crippen molar-refractivity contribution in [3.63, 3.8) is 0 Å². The average Bonchev–Trinajstić information content (AvgIpc) is 2.04. The molecule has 1 rings (SSSR count). The molecule has 0 fully saturated rings. The molecule has 0 aliphatic carbocycles. The summed E-state index contributed by atoms with van der Waals surface area (Å²) in [4.78, 5) is 0. The van der Waals surface area contributed by atoms with Crippen LogP contribution in [0.2, 0.25) is 11.8 Å². The van der Waals surface area contributed by atoms with E-state index < -0.39 is 6.92 Å². The summed E-state index contributed by atoms with van der Waals surface area (Å²) >= 11 is 5.84. The van der Waals surface area contributed by atoms with Gasteiger partial charge >= 0.3 is 6.92 Å². The Morgan fingerprint density at radius 3 is 2.58 bits per heavy atom. The van der Waals surface area contributed by atoms with Crippen molar-refractivity contribution in [1.82, 2.24) is 0 Å². The summed E-state index contributed by atoms with van der Waals surface area (Å²) in [5.74, 6) is 0.626. The summed E-state index contributed by atoms with van der Waals surface area (Å²) in [5, 5.41) is 9.74. The molecule has 1 aromatic carbocycles. The monoisotopic (exact) mass is 184 g/mol. The van der Waals surface area contributed by atoms with Gasteiger partial charge in [0.15, 0.2) is 0 Å². The van der Waals surface area contributed by atoms with E-state index in [-0.39, 0.29) is 0 Å². The summed E-state index contributed by atoms with van der Waals surface area (Å²) < 4.78 is 4.97. The molecule has 1 aromatic rings. The third-order valence-electron chi connectivity index (χ3n) is 1.66. The normalized spacial score (nSPS) is 9.67. The first-order chi connectivity index (χ1) is 5.65. The summed E-state index contributed by atoms with van der Waals surface area (Å²) in [5.41, 5.74) is 0.792. The van der Waals surface area contributed by atoms with Gasteiger partial charge in [-0.1, -0.05) is 24.5 Å². The van der Waals surface area contributed by atoms with Crippen LogP contribution in [0.25, 0.3) is 0 Å². The van der Waals surface area contributed by atoms with E-state index in [4.69, 9.17) is 16.3 Å². The van der Waals surface area contributed by atoms with Gasteiger partial charge in [-0.2, -0.15) is 0 Å². The minimum absolute atomic E-state index is 0.492. The van der Waals surface area contributed by atoms with Crippen LogP contribution in [0.3, 0.4) is 0 Å². The molecule has 0 saturated carbocycles. The lowest BCUT2D eigenvalue weighted by atomic mass is 9.64. The fourth-order valence-electron chi connectivity index (χ4n) is 0.942. The lowest BCUT2D eigenvalue weighted by molar-refractivity contribution is 0.415. The van der Waals surface area contributed by atoms with Crippen molar-refractivity contribution >= 4 is 24.0 Å². The van der Waals surface area contributed by atoms with Crippen LogP contribution in [0.5, 0.6) is 5.75 Å². The van der Waals surface area contributed by atoms with Crippen molar-refractivity contribution < 1.29 is 9.76 Å². The lowest BCUT2D eigenvalue weighted by Crippen LogP contribution is -2.25. The van der Waals surface area contributed by atoms with E-state index in [2.05, 4.69) is 0 Å². The first kappa shape index (κ1) is 9.42. The molecule has 0 radical (unpaired) electrons. The SMILES string of the molecule is COc1ccc(B(C)O)cc1Cl. The van der Waals surface area contributed by atoms with Crippen molar-refractivity contribution in [1.29, 1.82) is 0 Å². The van der Waals surface area contributed by atoms with Crippen LogP contribution in [0.15, 0.2) is 18.2 Å². The summed E-state index contributed by atoms with van der Waals surface area (Å²) in [7, 11) is 1.56. The Morgan fingerprint density at radius 2 is 2.17 bits per heavy atom. The largest absolute Gasteiger partial charge is 0.495 e. The van der Waals surface area contributed by atoms with Crippen molar-refractivity contribution in [3.8, 4) is 5.75 Å². The Hall–Kier alpha value is -0.665. The molecule has 4 heteroatoms. The zero-order valence-corrected chi connectivity index (χ0v) is 7.80. The van der Waals surface area contributed by atoms with E-state index in [1.54, 1.807) is 32.1 Å². The summed E-state index contributed by atoms with van der Waals surface area (Å²) in [6.07, 6.45) is 0. The molecule has 0 aromatic heterocycles. The van der Waals surface area contributed by atoms with Gasteiger partial charge in [-0.25, -0.2) is 0 Å². The maximum atomic E-state index is 9.21. The predicted octanol–water partition coefficient (Wildman–Crippen LogP) is 1.17. The third kappa shape index (κ3) is 1.93. The average molecular weight is 184 g/mol. The zero-order chi connectivity index (χ0) is 9.14. The molecule has 0 amide bonds. The van der Waals surface area contributed by atoms with Crippen LogP contribution in [-0.2, 0) is 0 Å². The quantitative estimate of drug-likeness (QED) is 0.699. The van der Waals surface area contributed by atoms with Crippen molar-refractivity contribution in [3.05, 3.63) is 23.2 Å². The minimum atomic E-state index is -0.492. The van der Waals surface area contributed by atoms with Crippen molar-refractivity contribution in [2.45, 2.75) is 6.82 Å². The van der Waals surface area contributed by atoms with Crippen LogP contribution >= 0.6 is 11.6 Å². The molecule has 2 nitrogen and oxygen atoms in total. The number of methoxy groups -OCH3 is 1. The van der Waals surface area contributed by atoms with Gasteiger partial charge in [-0.05, 0) is 17.6 Å². The first-order valence-electron chi connectivity index (χ1n) is 3.66. The van der Waals surface area contributed by atoms with Gasteiger partial charge in [-0.3, -0.25) is 0 Å². The molecule has 0 aliphatic rings. The van der Waals surface area contributed by atoms with Gasteiger partial charge in [0.05, 0.1) is 12.1 Å². The van der Waals surface area contributed by atoms with Gasteiger partial charge in [0.25, 0.3) is 0 Å². The topological polar surface area (TPSA) is 29.5 Å². The molecule has 12 heavy (non-hydrogen) atoms. The maximum Gasteiger partial charge on any atom is 0.320 e. The number of hydrogen-bond donors (Lipinski definition) is 1. The molecule has 0 atom stereocenters. The van der Waals surface area contributed by atoms with E-state index in [0.717, 1.165) is 5.46 Å². The summed E-state index contributed by atoms with van der Waals surface area (Å²) in [6.45, 7) is 1.20. The van der Waals surface area contributed by atoms with Gasteiger partial charge in [0.2, 0.25) is 0 Å². The highest BCUT2D eigenvalue weighted by Gasteiger charge is 2.08. The molecule has 0 aliphatic heterocycles. The van der Waals surface area contributed by atoms with Gasteiger partial charge in [-0.15, -0.1) is 0 Å². The molecule has 0 saturated heterocycles. The number of ether oxygens (including phenoxy) is 1. The standard InChI is InChI=1S/C8H10BClO2/c1-9(11)6-3-4-8(12-2)7(10)5-6/h3-5,11H,1-2H3. The molecule has 0 unspecified atom stereocenters. The second-order valence-electron chi connectivity index (χ2n) is 2.57. The van der Waals surface area contributed by atoms with Crippen LogP contribution < -0.4 is 10.2 Å². The number of hydrogen-bond acceptors (Lipinski definition) is 2. The van der Waals surface area contributed by atoms with Crippen molar-refractivity contribution in [2.24, 2.45) is 0 Å². The third-order valence-corrected chi connectivity index (χ3v) is 1.95. The predicted molar refractivity (Wildman–Crippen MR) is 51.5 cm³/mol. The maximum absolute atomic E-state index is 9.21. The fraction of sp³-hybridized carbons (Fsp3) is 0.250. The van der Waals surface area contributed by atoms with Gasteiger partial charge in [0.1, 0.15) is 5.75 Å². The Labute approximate surface area is 77.2 Å². The smallest absolute Gasteiger partial charge is 0.320 e. The Bertz CT molecular complexity index is 276. The molecule has 0 heterocycles. The van der Waals surface area contributed by atoms with Crippen LogP contribution in [-0.4, -0.2) is 19.0 Å². The molecule has 0 spiro atoms. The number of halogens is 1. The van der Waals surface area contributed by atoms with Crippen molar-refractivity contribution in [2.75, 3.05) is 7.11 Å². The Balaban J connectivity index is 3.02. The van der Waals surface area contributed by atoms with E-state index >= 15 is 0 Å². The molecule has 64 valence electrons. The van der Waals surface area contributed by atoms with Crippen LogP contribution in [0.4, 0.5) is 0 Å². The molecular weight excluding hydrogens is 174 g/mol. The van der Waals surface area contributed by atoms with E-state index in [1.807, 2.05) is 0 Å². The molecule has 0 bridgehead atoms. The Kier molecular flexibility index (Phi) is 3.01. The van der Waals surface area contributed by atoms with Gasteiger partial charge in [0, 0.05) is 0 Å². The molecule has 1 N–H and O–H groups in total. The number of rotatable bonds is 2. The minimum Gasteiger partial charge on any atom is -0.495 e. The first-order valence-corrected chi connectivity index (χ1v) is 4.04. The number of benzene rings is 1. The lowest BCUT2D eigenvalue weighted by Gasteiger charge is -2.05. The highest BCUT2D eigenvalue weighted by molar-refractivity contribution is 6.65. The highest BCUT2D eigenvalue weighted by Crippen LogP contribution is 2.21. The fourth-order valence-corrected chi connectivity index (χ4v) is 1.21. The highest BCUT2D eigenvalue weighted by atomic mass is 35.5.